The Kier molecular flexibility index (Phi) is 8.17. The van der Waals surface area contributed by atoms with Crippen molar-refractivity contribution in [2.45, 2.75) is 78.5 Å². The van der Waals surface area contributed by atoms with E-state index in [1.807, 2.05) is 52.9 Å². The molecule has 1 atom stereocenters. The topological polar surface area (TPSA) is 67.6 Å². The van der Waals surface area contributed by atoms with Crippen molar-refractivity contribution in [2.24, 2.45) is 5.92 Å². The van der Waals surface area contributed by atoms with Crippen LogP contribution in [0, 0.1) is 12.8 Å². The number of likely N-dealkylation sites (tertiary alicyclic amines) is 1. The van der Waals surface area contributed by atoms with Crippen LogP contribution in [0.1, 0.15) is 68.3 Å². The lowest BCUT2D eigenvalue weighted by Crippen LogP contribution is -2.42. The zero-order valence-corrected chi connectivity index (χ0v) is 22.1. The molecule has 1 aromatic heterocycles. The molecule has 8 heteroatoms. The van der Waals surface area contributed by atoms with Crippen molar-refractivity contribution < 1.29 is 23.4 Å². The Hall–Kier alpha value is -3.00. The molecule has 4 rings (SSSR count). The van der Waals surface area contributed by atoms with Gasteiger partial charge < -0.3 is 9.84 Å². The van der Waals surface area contributed by atoms with E-state index in [9.17, 15) is 13.6 Å². The minimum atomic E-state index is -2.64. The van der Waals surface area contributed by atoms with Gasteiger partial charge in [-0.25, -0.2) is 8.78 Å². The lowest BCUT2D eigenvalue weighted by molar-refractivity contribution is -0.137. The Balaban J connectivity index is 1.54. The first kappa shape index (κ1) is 27.0. The van der Waals surface area contributed by atoms with E-state index in [0.717, 1.165) is 39.8 Å². The maximum Gasteiger partial charge on any atom is 0.303 e. The van der Waals surface area contributed by atoms with Crippen LogP contribution in [0.5, 0.6) is 5.75 Å². The number of carboxylic acid groups (broad SMARTS) is 1. The van der Waals surface area contributed by atoms with Gasteiger partial charge in [-0.05, 0) is 60.5 Å². The predicted molar refractivity (Wildman–Crippen MR) is 140 cm³/mol. The van der Waals surface area contributed by atoms with Gasteiger partial charge in [0.2, 0.25) is 0 Å². The first-order valence-corrected chi connectivity index (χ1v) is 13.0. The fourth-order valence-electron chi connectivity index (χ4n) is 5.13. The first-order valence-electron chi connectivity index (χ1n) is 13.0. The summed E-state index contributed by atoms with van der Waals surface area (Å²) in [4.78, 5) is 12.8. The number of nitrogens with zero attached hydrogens (tertiary/aromatic N) is 3. The van der Waals surface area contributed by atoms with E-state index in [4.69, 9.17) is 14.9 Å². The highest BCUT2D eigenvalue weighted by Crippen LogP contribution is 2.31. The molecule has 1 aliphatic rings. The molecule has 2 aromatic carbocycles. The second kappa shape index (κ2) is 11.2. The van der Waals surface area contributed by atoms with Gasteiger partial charge in [-0.2, -0.15) is 5.10 Å². The molecular weight excluding hydrogens is 476 g/mol. The molecule has 0 aliphatic carbocycles. The smallest absolute Gasteiger partial charge is 0.303 e. The van der Waals surface area contributed by atoms with E-state index in [1.165, 1.54) is 0 Å². The summed E-state index contributed by atoms with van der Waals surface area (Å²) in [5.41, 5.74) is 4.95. The normalized spacial score (nSPS) is 16.8. The lowest BCUT2D eigenvalue weighted by atomic mass is 9.98. The molecule has 0 radical (unpaired) electrons. The largest absolute Gasteiger partial charge is 0.489 e. The number of benzene rings is 2. The Morgan fingerprint density at radius 2 is 1.89 bits per heavy atom. The molecule has 1 unspecified atom stereocenters. The predicted octanol–water partition coefficient (Wildman–Crippen LogP) is 6.39. The van der Waals surface area contributed by atoms with Gasteiger partial charge in [-0.1, -0.05) is 45.0 Å². The van der Waals surface area contributed by atoms with Crippen LogP contribution in [0.25, 0.3) is 10.9 Å². The number of alkyl halides is 2. The Labute approximate surface area is 217 Å². The molecule has 200 valence electrons. The fraction of sp³-hybridized carbons (Fsp3) is 0.517. The summed E-state index contributed by atoms with van der Waals surface area (Å²) in [7, 11) is 0. The average Bonchev–Trinajstić information content (AvgIpc) is 3.14. The molecule has 1 fully saturated rings. The maximum atomic E-state index is 14.0. The molecule has 2 heterocycles. The molecule has 0 saturated carbocycles. The van der Waals surface area contributed by atoms with Gasteiger partial charge in [0.25, 0.3) is 5.92 Å². The van der Waals surface area contributed by atoms with Gasteiger partial charge in [-0.3, -0.25) is 14.4 Å². The molecule has 1 N–H and O–H groups in total. The number of aliphatic carboxylic acids is 1. The Morgan fingerprint density at radius 1 is 1.16 bits per heavy atom. The van der Waals surface area contributed by atoms with Crippen molar-refractivity contribution in [2.75, 3.05) is 13.1 Å². The van der Waals surface area contributed by atoms with E-state index < -0.39 is 11.9 Å². The second-order valence-electron chi connectivity index (χ2n) is 10.8. The van der Waals surface area contributed by atoms with Crippen molar-refractivity contribution in [3.8, 4) is 5.75 Å². The standard InChI is InChI=1S/C29H37F2N3O3/c1-19(2)15-34-28-21(4)23(17-37-24-9-6-22(7-10-24)20(3)14-27(35)36)8-11-25(28)26(32-34)16-33-13-5-12-29(30,31)18-33/h6-11,19-20H,5,12-18H2,1-4H3,(H,35,36). The van der Waals surface area contributed by atoms with Crippen molar-refractivity contribution in [3.05, 3.63) is 58.8 Å². The summed E-state index contributed by atoms with van der Waals surface area (Å²) in [6, 6.07) is 11.6. The third-order valence-corrected chi connectivity index (χ3v) is 7.06. The van der Waals surface area contributed by atoms with E-state index in [-0.39, 0.29) is 25.3 Å². The zero-order valence-electron chi connectivity index (χ0n) is 22.1. The first-order chi connectivity index (χ1) is 17.5. The number of ether oxygens (including phenoxy) is 1. The van der Waals surface area contributed by atoms with Crippen LogP contribution >= 0.6 is 0 Å². The summed E-state index contributed by atoms with van der Waals surface area (Å²) in [6.45, 7) is 10.2. The van der Waals surface area contributed by atoms with Gasteiger partial charge in [0, 0.05) is 24.9 Å². The molecule has 6 nitrogen and oxygen atoms in total. The van der Waals surface area contributed by atoms with Crippen LogP contribution in [0.3, 0.4) is 0 Å². The van der Waals surface area contributed by atoms with Crippen molar-refractivity contribution in [3.63, 3.8) is 0 Å². The van der Waals surface area contributed by atoms with Gasteiger partial charge in [0.1, 0.15) is 12.4 Å². The number of aromatic nitrogens is 2. The van der Waals surface area contributed by atoms with Crippen LogP contribution in [-0.4, -0.2) is 44.8 Å². The van der Waals surface area contributed by atoms with Crippen molar-refractivity contribution >= 4 is 16.9 Å². The van der Waals surface area contributed by atoms with Crippen LogP contribution < -0.4 is 4.74 Å². The van der Waals surface area contributed by atoms with Crippen molar-refractivity contribution in [1.82, 2.24) is 14.7 Å². The van der Waals surface area contributed by atoms with E-state index in [2.05, 4.69) is 20.8 Å². The number of hydrogen-bond acceptors (Lipinski definition) is 4. The summed E-state index contributed by atoms with van der Waals surface area (Å²) in [5.74, 6) is -2.42. The molecule has 3 aromatic rings. The molecule has 37 heavy (non-hydrogen) atoms. The molecule has 0 amide bonds. The van der Waals surface area contributed by atoms with Gasteiger partial charge >= 0.3 is 5.97 Å². The van der Waals surface area contributed by atoms with Gasteiger partial charge in [0.05, 0.1) is 24.2 Å². The average molecular weight is 514 g/mol. The molecule has 0 spiro atoms. The monoisotopic (exact) mass is 513 g/mol. The maximum absolute atomic E-state index is 14.0. The number of halogens is 2. The third kappa shape index (κ3) is 6.66. The quantitative estimate of drug-likeness (QED) is 0.340. The molecular formula is C29H37F2N3O3. The minimum Gasteiger partial charge on any atom is -0.489 e. The highest BCUT2D eigenvalue weighted by Gasteiger charge is 2.35. The van der Waals surface area contributed by atoms with E-state index >= 15 is 0 Å². The Bertz CT molecular complexity index is 1240. The number of piperidine rings is 1. The third-order valence-electron chi connectivity index (χ3n) is 7.06. The van der Waals surface area contributed by atoms with Crippen LogP contribution in [0.4, 0.5) is 8.78 Å². The SMILES string of the molecule is Cc1c(COc2ccc(C(C)CC(=O)O)cc2)ccc2c(CN3CCCC(F)(F)C3)nn(CC(C)C)c12. The Morgan fingerprint density at radius 3 is 2.54 bits per heavy atom. The van der Waals surface area contributed by atoms with Gasteiger partial charge in [0.15, 0.2) is 0 Å². The number of carbonyl (C=O) groups is 1. The van der Waals surface area contributed by atoms with Crippen LogP contribution in [0.15, 0.2) is 36.4 Å². The summed E-state index contributed by atoms with van der Waals surface area (Å²) in [5, 5.41) is 14.9. The second-order valence-corrected chi connectivity index (χ2v) is 10.8. The molecule has 1 aliphatic heterocycles. The summed E-state index contributed by atoms with van der Waals surface area (Å²) in [6.07, 6.45) is 0.543. The van der Waals surface area contributed by atoms with Crippen LogP contribution in [-0.2, 0) is 24.5 Å². The fourth-order valence-corrected chi connectivity index (χ4v) is 5.13. The van der Waals surface area contributed by atoms with Crippen LogP contribution in [0.2, 0.25) is 0 Å². The number of fused-ring (bicyclic) bond motifs is 1. The number of carboxylic acids is 1. The zero-order chi connectivity index (χ0) is 26.7. The van der Waals surface area contributed by atoms with Crippen molar-refractivity contribution in [1.29, 1.82) is 0 Å². The highest BCUT2D eigenvalue weighted by atomic mass is 19.3. The molecule has 0 bridgehead atoms. The molecule has 1 saturated heterocycles. The number of rotatable bonds is 10. The number of hydrogen-bond donors (Lipinski definition) is 1. The van der Waals surface area contributed by atoms with E-state index in [0.29, 0.717) is 37.8 Å². The summed E-state index contributed by atoms with van der Waals surface area (Å²) >= 11 is 0. The summed E-state index contributed by atoms with van der Waals surface area (Å²) < 4.78 is 36.1. The van der Waals surface area contributed by atoms with E-state index in [1.54, 1.807) is 0 Å². The lowest BCUT2D eigenvalue weighted by Gasteiger charge is -2.31. The van der Waals surface area contributed by atoms with Gasteiger partial charge in [-0.15, -0.1) is 0 Å². The minimum absolute atomic E-state index is 0.0431. The number of aryl methyl sites for hydroxylation is 1. The highest BCUT2D eigenvalue weighted by molar-refractivity contribution is 5.86.